The van der Waals surface area contributed by atoms with Crippen molar-refractivity contribution in [2.45, 2.75) is 50.7 Å². The van der Waals surface area contributed by atoms with Gasteiger partial charge in [-0.15, -0.1) is 0 Å². The lowest BCUT2D eigenvalue weighted by Gasteiger charge is -2.48. The van der Waals surface area contributed by atoms with Crippen LogP contribution in [0.1, 0.15) is 38.2 Å². The molecule has 2 fully saturated rings. The number of likely N-dealkylation sites (tertiary alicyclic amines) is 1. The van der Waals surface area contributed by atoms with Crippen molar-refractivity contribution in [3.63, 3.8) is 0 Å². The lowest BCUT2D eigenvalue weighted by atomic mass is 9.78. The summed E-state index contributed by atoms with van der Waals surface area (Å²) in [6.45, 7) is 5.61. The van der Waals surface area contributed by atoms with Gasteiger partial charge in [0.15, 0.2) is 0 Å². The third kappa shape index (κ3) is 3.68. The number of aliphatic hydroxyl groups is 1. The number of anilines is 1. The maximum Gasteiger partial charge on any atom is 0.321 e. The van der Waals surface area contributed by atoms with Crippen LogP contribution >= 0.6 is 11.6 Å². The number of hydrogen-bond donors (Lipinski definition) is 2. The Morgan fingerprint density at radius 2 is 2.04 bits per heavy atom. The van der Waals surface area contributed by atoms with Crippen LogP contribution < -0.4 is 5.32 Å². The summed E-state index contributed by atoms with van der Waals surface area (Å²) in [4.78, 5) is 14.3. The van der Waals surface area contributed by atoms with Crippen molar-refractivity contribution >= 4 is 23.3 Å². The molecule has 5 nitrogen and oxygen atoms in total. The predicted octanol–water partition coefficient (Wildman–Crippen LogP) is 3.58. The minimum absolute atomic E-state index is 0.136. The first-order chi connectivity index (χ1) is 11.3. The lowest BCUT2D eigenvalue weighted by Crippen LogP contribution is -2.54. The fourth-order valence-corrected chi connectivity index (χ4v) is 4.00. The second-order valence-corrected chi connectivity index (χ2v) is 7.71. The Kier molecular flexibility index (Phi) is 4.78. The lowest BCUT2D eigenvalue weighted by molar-refractivity contribution is -0.169. The van der Waals surface area contributed by atoms with Gasteiger partial charge in [-0.05, 0) is 44.7 Å². The number of para-hydroxylation sites is 1. The molecule has 3 rings (SSSR count). The first-order valence-corrected chi connectivity index (χ1v) is 8.86. The molecule has 2 heterocycles. The highest BCUT2D eigenvalue weighted by Gasteiger charge is 2.44. The maximum absolute atomic E-state index is 12.5. The number of hydrogen-bond acceptors (Lipinski definition) is 3. The molecular weight excluding hydrogens is 328 g/mol. The summed E-state index contributed by atoms with van der Waals surface area (Å²) in [5.41, 5.74) is 0.646. The fourth-order valence-electron chi connectivity index (χ4n) is 3.74. The highest BCUT2D eigenvalue weighted by molar-refractivity contribution is 6.33. The molecule has 1 aromatic carbocycles. The predicted molar refractivity (Wildman–Crippen MR) is 94.6 cm³/mol. The summed E-state index contributed by atoms with van der Waals surface area (Å²) in [7, 11) is 0. The van der Waals surface area contributed by atoms with Crippen LogP contribution in [0.3, 0.4) is 0 Å². The second-order valence-electron chi connectivity index (χ2n) is 7.30. The average molecular weight is 353 g/mol. The summed E-state index contributed by atoms with van der Waals surface area (Å²) < 4.78 is 5.99. The fraction of sp³-hybridized carbons (Fsp3) is 0.611. The zero-order chi connectivity index (χ0) is 17.4. The van der Waals surface area contributed by atoms with Gasteiger partial charge in [0.2, 0.25) is 0 Å². The van der Waals surface area contributed by atoms with Gasteiger partial charge in [-0.1, -0.05) is 23.7 Å². The Morgan fingerprint density at radius 3 is 2.67 bits per heavy atom. The molecule has 0 bridgehead atoms. The van der Waals surface area contributed by atoms with E-state index in [0.29, 0.717) is 43.2 Å². The molecule has 0 aliphatic carbocycles. The van der Waals surface area contributed by atoms with Gasteiger partial charge in [0.05, 0.1) is 28.5 Å². The Balaban J connectivity index is 1.61. The topological polar surface area (TPSA) is 61.8 Å². The van der Waals surface area contributed by atoms with Crippen LogP contribution in [0, 0.1) is 6.92 Å². The third-order valence-corrected chi connectivity index (χ3v) is 5.48. The number of nitrogens with one attached hydrogen (secondary N) is 1. The van der Waals surface area contributed by atoms with Gasteiger partial charge in [0.25, 0.3) is 0 Å². The van der Waals surface area contributed by atoms with Crippen molar-refractivity contribution in [1.29, 1.82) is 0 Å². The summed E-state index contributed by atoms with van der Waals surface area (Å²) in [6.07, 6.45) is 2.81. The van der Waals surface area contributed by atoms with E-state index in [1.165, 1.54) is 0 Å². The van der Waals surface area contributed by atoms with Crippen molar-refractivity contribution in [2.24, 2.45) is 0 Å². The average Bonchev–Trinajstić information content (AvgIpc) is 2.50. The van der Waals surface area contributed by atoms with E-state index in [0.717, 1.165) is 18.4 Å². The first-order valence-electron chi connectivity index (χ1n) is 8.48. The van der Waals surface area contributed by atoms with Crippen LogP contribution in [-0.2, 0) is 4.74 Å². The van der Waals surface area contributed by atoms with Gasteiger partial charge in [-0.25, -0.2) is 4.79 Å². The number of carbonyl (C=O) groups is 1. The van der Waals surface area contributed by atoms with Crippen LogP contribution in [0.2, 0.25) is 5.02 Å². The summed E-state index contributed by atoms with van der Waals surface area (Å²) in [5, 5.41) is 13.8. The summed E-state index contributed by atoms with van der Waals surface area (Å²) >= 11 is 6.18. The Labute approximate surface area is 147 Å². The molecular formula is C18H25ClN2O3. The number of amides is 2. The summed E-state index contributed by atoms with van der Waals surface area (Å²) in [6, 6.07) is 5.42. The number of piperidine rings is 1. The highest BCUT2D eigenvalue weighted by Crippen LogP contribution is 2.39. The highest BCUT2D eigenvalue weighted by atomic mass is 35.5. The van der Waals surface area contributed by atoms with Gasteiger partial charge in [-0.3, -0.25) is 0 Å². The number of ether oxygens (including phenoxy) is 1. The SMILES string of the molecule is Cc1cccc(Cl)c1NC(=O)N1CCC2(CC1)CC(C)(O)CCO2. The van der Waals surface area contributed by atoms with Crippen molar-refractivity contribution < 1.29 is 14.6 Å². The Hall–Kier alpha value is -1.30. The maximum atomic E-state index is 12.5. The molecule has 24 heavy (non-hydrogen) atoms. The molecule has 2 aliphatic heterocycles. The van der Waals surface area contributed by atoms with E-state index in [-0.39, 0.29) is 11.6 Å². The molecule has 2 aliphatic rings. The van der Waals surface area contributed by atoms with E-state index >= 15 is 0 Å². The van der Waals surface area contributed by atoms with Gasteiger partial charge in [0, 0.05) is 19.5 Å². The number of rotatable bonds is 1. The van der Waals surface area contributed by atoms with E-state index < -0.39 is 5.60 Å². The van der Waals surface area contributed by atoms with Gasteiger partial charge < -0.3 is 20.1 Å². The minimum Gasteiger partial charge on any atom is -0.390 e. The quantitative estimate of drug-likeness (QED) is 0.812. The normalized spacial score (nSPS) is 26.4. The Morgan fingerprint density at radius 1 is 1.33 bits per heavy atom. The largest absolute Gasteiger partial charge is 0.390 e. The van der Waals surface area contributed by atoms with Crippen LogP contribution in [0.15, 0.2) is 18.2 Å². The van der Waals surface area contributed by atoms with Gasteiger partial charge in [-0.2, -0.15) is 0 Å². The second kappa shape index (κ2) is 6.54. The van der Waals surface area contributed by atoms with Crippen LogP contribution in [0.4, 0.5) is 10.5 Å². The van der Waals surface area contributed by atoms with E-state index in [9.17, 15) is 9.90 Å². The van der Waals surface area contributed by atoms with E-state index in [1.807, 2.05) is 26.0 Å². The number of carbonyl (C=O) groups excluding carboxylic acids is 1. The molecule has 132 valence electrons. The third-order valence-electron chi connectivity index (χ3n) is 5.17. The molecule has 1 aromatic rings. The molecule has 1 spiro atoms. The molecule has 0 aromatic heterocycles. The molecule has 6 heteroatoms. The summed E-state index contributed by atoms with van der Waals surface area (Å²) in [5.74, 6) is 0. The minimum atomic E-state index is -0.669. The van der Waals surface area contributed by atoms with E-state index in [4.69, 9.17) is 16.3 Å². The molecule has 2 amide bonds. The number of urea groups is 1. The number of aryl methyl sites for hydroxylation is 1. The van der Waals surface area contributed by atoms with Crippen molar-refractivity contribution in [3.8, 4) is 0 Å². The van der Waals surface area contributed by atoms with Crippen molar-refractivity contribution in [1.82, 2.24) is 4.90 Å². The van der Waals surface area contributed by atoms with Gasteiger partial charge in [0.1, 0.15) is 0 Å². The monoisotopic (exact) mass is 352 g/mol. The molecule has 2 saturated heterocycles. The van der Waals surface area contributed by atoms with Gasteiger partial charge >= 0.3 is 6.03 Å². The number of benzene rings is 1. The van der Waals surface area contributed by atoms with Crippen LogP contribution in [0.5, 0.6) is 0 Å². The van der Waals surface area contributed by atoms with Crippen LogP contribution in [-0.4, -0.2) is 46.9 Å². The zero-order valence-electron chi connectivity index (χ0n) is 14.3. The molecule has 1 atom stereocenters. The van der Waals surface area contributed by atoms with E-state index in [1.54, 1.807) is 11.0 Å². The smallest absolute Gasteiger partial charge is 0.321 e. The first kappa shape index (κ1) is 17.5. The van der Waals surface area contributed by atoms with Crippen molar-refractivity contribution in [2.75, 3.05) is 25.0 Å². The molecule has 0 saturated carbocycles. The van der Waals surface area contributed by atoms with E-state index in [2.05, 4.69) is 5.32 Å². The standard InChI is InChI=1S/C18H25ClN2O3/c1-13-4-3-5-14(19)15(13)20-16(22)21-9-6-18(7-10-21)12-17(2,23)8-11-24-18/h3-5,23H,6-12H2,1-2H3,(H,20,22). The van der Waals surface area contributed by atoms with Crippen molar-refractivity contribution in [3.05, 3.63) is 28.8 Å². The Bertz CT molecular complexity index is 604. The van der Waals surface area contributed by atoms with Crippen LogP contribution in [0.25, 0.3) is 0 Å². The molecule has 0 radical (unpaired) electrons. The number of nitrogens with zero attached hydrogens (tertiary/aromatic N) is 1. The molecule has 1 unspecified atom stereocenters. The number of halogens is 1. The zero-order valence-corrected chi connectivity index (χ0v) is 15.0. The molecule has 2 N–H and O–H groups in total.